The van der Waals surface area contributed by atoms with Crippen LogP contribution in [0.2, 0.25) is 5.02 Å². The maximum atomic E-state index is 6.02. The Kier molecular flexibility index (Phi) is 5.17. The minimum absolute atomic E-state index is 0.239. The number of hydrogen-bond acceptors (Lipinski definition) is 3. The van der Waals surface area contributed by atoms with E-state index in [1.807, 2.05) is 30.0 Å². The highest BCUT2D eigenvalue weighted by molar-refractivity contribution is 8.14. The van der Waals surface area contributed by atoms with Crippen molar-refractivity contribution in [2.45, 2.75) is 38.5 Å². The molecule has 0 fully saturated rings. The highest BCUT2D eigenvalue weighted by atomic mass is 35.5. The highest BCUT2D eigenvalue weighted by Crippen LogP contribution is 2.27. The second kappa shape index (κ2) is 6.67. The fraction of sp³-hybridized carbons (Fsp3) is 0.533. The van der Waals surface area contributed by atoms with Crippen molar-refractivity contribution < 1.29 is 0 Å². The van der Waals surface area contributed by atoms with Crippen LogP contribution >= 0.6 is 23.4 Å². The van der Waals surface area contributed by atoms with Gasteiger partial charge in [-0.05, 0) is 37.0 Å². The van der Waals surface area contributed by atoms with Crippen LogP contribution in [0.15, 0.2) is 29.3 Å². The quantitative estimate of drug-likeness (QED) is 0.884. The van der Waals surface area contributed by atoms with E-state index in [4.69, 9.17) is 11.6 Å². The van der Waals surface area contributed by atoms with E-state index < -0.39 is 0 Å². The summed E-state index contributed by atoms with van der Waals surface area (Å²) in [6.07, 6.45) is 1.23. The fourth-order valence-electron chi connectivity index (χ4n) is 2.19. The SMILES string of the molecule is CC(C)CC1CN=C(NC(C)c2cccc(Cl)c2)S1. The number of aliphatic imine (C=N–C) groups is 1. The second-order valence-electron chi connectivity index (χ2n) is 5.44. The Bertz CT molecular complexity index is 459. The van der Waals surface area contributed by atoms with E-state index in [1.165, 1.54) is 12.0 Å². The Balaban J connectivity index is 1.89. The Morgan fingerprint density at radius 1 is 1.42 bits per heavy atom. The standard InChI is InChI=1S/C15H21ClN2S/c1-10(2)7-14-9-17-15(19-14)18-11(3)12-5-4-6-13(16)8-12/h4-6,8,10-11,14H,7,9H2,1-3H3,(H,17,18). The molecule has 1 aromatic rings. The van der Waals surface area contributed by atoms with Crippen molar-refractivity contribution >= 4 is 28.5 Å². The molecule has 0 bridgehead atoms. The number of hydrogen-bond donors (Lipinski definition) is 1. The van der Waals surface area contributed by atoms with Crippen LogP contribution in [0.1, 0.15) is 38.8 Å². The van der Waals surface area contributed by atoms with Crippen LogP contribution in [0.5, 0.6) is 0 Å². The molecule has 0 saturated carbocycles. The van der Waals surface area contributed by atoms with Gasteiger partial charge in [-0.2, -0.15) is 0 Å². The Hall–Kier alpha value is -0.670. The minimum Gasteiger partial charge on any atom is -0.358 e. The van der Waals surface area contributed by atoms with Gasteiger partial charge in [0.05, 0.1) is 12.6 Å². The fourth-order valence-corrected chi connectivity index (χ4v) is 3.73. The summed E-state index contributed by atoms with van der Waals surface area (Å²) in [5.74, 6) is 0.734. The lowest BCUT2D eigenvalue weighted by Gasteiger charge is -2.16. The molecule has 1 heterocycles. The lowest BCUT2D eigenvalue weighted by atomic mass is 10.1. The normalized spacial score (nSPS) is 20.5. The zero-order valence-corrected chi connectivity index (χ0v) is 13.3. The van der Waals surface area contributed by atoms with Gasteiger partial charge < -0.3 is 5.32 Å². The average molecular weight is 297 g/mol. The molecular weight excluding hydrogens is 276 g/mol. The number of benzene rings is 1. The first-order chi connectivity index (χ1) is 9.04. The van der Waals surface area contributed by atoms with Crippen molar-refractivity contribution in [3.05, 3.63) is 34.9 Å². The number of nitrogens with one attached hydrogen (secondary N) is 1. The molecule has 0 spiro atoms. The van der Waals surface area contributed by atoms with E-state index >= 15 is 0 Å². The van der Waals surface area contributed by atoms with Gasteiger partial charge >= 0.3 is 0 Å². The first-order valence-corrected chi connectivity index (χ1v) is 8.03. The summed E-state index contributed by atoms with van der Waals surface area (Å²) in [4.78, 5) is 4.59. The summed E-state index contributed by atoms with van der Waals surface area (Å²) in [7, 11) is 0. The predicted molar refractivity (Wildman–Crippen MR) is 86.1 cm³/mol. The van der Waals surface area contributed by atoms with Gasteiger partial charge in [-0.25, -0.2) is 0 Å². The molecule has 2 nitrogen and oxygen atoms in total. The minimum atomic E-state index is 0.239. The molecule has 1 aromatic carbocycles. The lowest BCUT2D eigenvalue weighted by Crippen LogP contribution is -2.23. The van der Waals surface area contributed by atoms with Gasteiger partial charge in [0.1, 0.15) is 0 Å². The van der Waals surface area contributed by atoms with Gasteiger partial charge in [0.15, 0.2) is 5.17 Å². The first kappa shape index (κ1) is 14.7. The van der Waals surface area contributed by atoms with E-state index in [-0.39, 0.29) is 6.04 Å². The molecule has 2 unspecified atom stereocenters. The summed E-state index contributed by atoms with van der Waals surface area (Å²) in [5.41, 5.74) is 1.20. The molecule has 1 N–H and O–H groups in total. The van der Waals surface area contributed by atoms with Crippen molar-refractivity contribution in [1.82, 2.24) is 5.32 Å². The molecule has 0 aliphatic carbocycles. The van der Waals surface area contributed by atoms with Crippen LogP contribution < -0.4 is 5.32 Å². The smallest absolute Gasteiger partial charge is 0.157 e. The molecule has 2 rings (SSSR count). The third-order valence-corrected chi connectivity index (χ3v) is 4.52. The molecule has 1 aliphatic rings. The number of nitrogens with zero attached hydrogens (tertiary/aromatic N) is 1. The van der Waals surface area contributed by atoms with Crippen molar-refractivity contribution in [3.63, 3.8) is 0 Å². The zero-order valence-electron chi connectivity index (χ0n) is 11.7. The van der Waals surface area contributed by atoms with Crippen LogP contribution in [0.25, 0.3) is 0 Å². The number of halogens is 1. The third-order valence-electron chi connectivity index (χ3n) is 3.14. The number of rotatable bonds is 4. The lowest BCUT2D eigenvalue weighted by molar-refractivity contribution is 0.575. The second-order valence-corrected chi connectivity index (χ2v) is 7.16. The Morgan fingerprint density at radius 2 is 2.21 bits per heavy atom. The highest BCUT2D eigenvalue weighted by Gasteiger charge is 2.21. The molecule has 0 amide bonds. The van der Waals surface area contributed by atoms with E-state index in [1.54, 1.807) is 0 Å². The number of amidine groups is 1. The van der Waals surface area contributed by atoms with Gasteiger partial charge in [0.25, 0.3) is 0 Å². The summed E-state index contributed by atoms with van der Waals surface area (Å²) < 4.78 is 0. The third kappa shape index (κ3) is 4.43. The zero-order chi connectivity index (χ0) is 13.8. The molecule has 19 heavy (non-hydrogen) atoms. The van der Waals surface area contributed by atoms with E-state index in [2.05, 4.69) is 37.1 Å². The molecule has 0 aromatic heterocycles. The Labute approximate surface area is 125 Å². The van der Waals surface area contributed by atoms with E-state index in [0.717, 1.165) is 22.7 Å². The monoisotopic (exact) mass is 296 g/mol. The molecular formula is C15H21ClN2S. The summed E-state index contributed by atoms with van der Waals surface area (Å²) in [6, 6.07) is 8.22. The Morgan fingerprint density at radius 3 is 2.89 bits per heavy atom. The predicted octanol–water partition coefficient (Wildman–Crippen LogP) is 4.51. The van der Waals surface area contributed by atoms with E-state index in [9.17, 15) is 0 Å². The van der Waals surface area contributed by atoms with Crippen LogP contribution in [-0.4, -0.2) is 17.0 Å². The summed E-state index contributed by atoms with van der Waals surface area (Å²) in [5, 5.41) is 5.96. The van der Waals surface area contributed by atoms with Gasteiger partial charge in [0, 0.05) is 10.3 Å². The van der Waals surface area contributed by atoms with Crippen molar-refractivity contribution in [3.8, 4) is 0 Å². The molecule has 0 radical (unpaired) electrons. The molecule has 4 heteroatoms. The molecule has 1 aliphatic heterocycles. The van der Waals surface area contributed by atoms with Crippen molar-refractivity contribution in [2.24, 2.45) is 10.9 Å². The first-order valence-electron chi connectivity index (χ1n) is 6.77. The topological polar surface area (TPSA) is 24.4 Å². The molecule has 2 atom stereocenters. The average Bonchev–Trinajstić information content (AvgIpc) is 2.75. The van der Waals surface area contributed by atoms with Gasteiger partial charge in [0.2, 0.25) is 0 Å². The van der Waals surface area contributed by atoms with Crippen LogP contribution in [0.3, 0.4) is 0 Å². The van der Waals surface area contributed by atoms with Crippen LogP contribution in [-0.2, 0) is 0 Å². The van der Waals surface area contributed by atoms with Crippen molar-refractivity contribution in [1.29, 1.82) is 0 Å². The van der Waals surface area contributed by atoms with Gasteiger partial charge in [-0.15, -0.1) is 0 Å². The van der Waals surface area contributed by atoms with Gasteiger partial charge in [-0.3, -0.25) is 4.99 Å². The molecule has 104 valence electrons. The largest absolute Gasteiger partial charge is 0.358 e. The summed E-state index contributed by atoms with van der Waals surface area (Å²) >= 11 is 7.89. The van der Waals surface area contributed by atoms with E-state index in [0.29, 0.717) is 5.25 Å². The van der Waals surface area contributed by atoms with Crippen LogP contribution in [0.4, 0.5) is 0 Å². The van der Waals surface area contributed by atoms with Crippen molar-refractivity contribution in [2.75, 3.05) is 6.54 Å². The van der Waals surface area contributed by atoms with Gasteiger partial charge in [-0.1, -0.05) is 49.3 Å². The van der Waals surface area contributed by atoms with Crippen LogP contribution in [0, 0.1) is 5.92 Å². The maximum absolute atomic E-state index is 6.02. The number of thioether (sulfide) groups is 1. The summed E-state index contributed by atoms with van der Waals surface area (Å²) in [6.45, 7) is 7.61. The maximum Gasteiger partial charge on any atom is 0.157 e. The molecule has 0 saturated heterocycles.